The molecular weight excluding hydrogens is 374 g/mol. The summed E-state index contributed by atoms with van der Waals surface area (Å²) in [5, 5.41) is 8.93. The molecule has 0 fully saturated rings. The number of nitrogens with zero attached hydrogens (tertiary/aromatic N) is 2. The smallest absolute Gasteiger partial charge is 0.274 e. The minimum absolute atomic E-state index is 0.113. The summed E-state index contributed by atoms with van der Waals surface area (Å²) >= 11 is 0. The first-order valence-corrected chi connectivity index (χ1v) is 9.99. The van der Waals surface area contributed by atoms with E-state index in [9.17, 15) is 9.59 Å². The maximum atomic E-state index is 12.9. The standard InChI is InChI=1S/C25H23N3O2/c1-18-11-13-20(14-12-18)24-21-9-5-6-10-22(21)25(30)28(27-24)16-15-23(29)26-17-19-7-3-2-4-8-19/h2-14H,15-17H2,1H3,(H,26,29). The average Bonchev–Trinajstić information content (AvgIpc) is 2.79. The lowest BCUT2D eigenvalue weighted by molar-refractivity contribution is -0.121. The number of benzene rings is 3. The number of carbonyl (C=O) groups excluding carboxylic acids is 1. The van der Waals surface area contributed by atoms with E-state index in [1.165, 1.54) is 4.68 Å². The summed E-state index contributed by atoms with van der Waals surface area (Å²) in [7, 11) is 0. The molecule has 0 radical (unpaired) electrons. The molecule has 1 aromatic heterocycles. The Kier molecular flexibility index (Phi) is 5.70. The third-order valence-corrected chi connectivity index (χ3v) is 5.08. The van der Waals surface area contributed by atoms with Gasteiger partial charge in [0, 0.05) is 23.9 Å². The molecule has 4 aromatic rings. The van der Waals surface area contributed by atoms with E-state index in [1.54, 1.807) is 0 Å². The van der Waals surface area contributed by atoms with Gasteiger partial charge in [-0.2, -0.15) is 5.10 Å². The Morgan fingerprint density at radius 1 is 0.900 bits per heavy atom. The van der Waals surface area contributed by atoms with Gasteiger partial charge in [0.1, 0.15) is 0 Å². The van der Waals surface area contributed by atoms with Gasteiger partial charge in [-0.1, -0.05) is 78.4 Å². The van der Waals surface area contributed by atoms with Crippen molar-refractivity contribution in [3.63, 3.8) is 0 Å². The van der Waals surface area contributed by atoms with Gasteiger partial charge in [0.15, 0.2) is 0 Å². The first kappa shape index (κ1) is 19.6. The number of nitrogens with one attached hydrogen (secondary N) is 1. The summed E-state index contributed by atoms with van der Waals surface area (Å²) in [5.74, 6) is -0.113. The van der Waals surface area contributed by atoms with Crippen LogP contribution < -0.4 is 10.9 Å². The van der Waals surface area contributed by atoms with Crippen LogP contribution in [0.15, 0.2) is 83.7 Å². The zero-order valence-corrected chi connectivity index (χ0v) is 16.8. The quantitative estimate of drug-likeness (QED) is 0.533. The van der Waals surface area contributed by atoms with Gasteiger partial charge < -0.3 is 5.32 Å². The minimum atomic E-state index is -0.183. The number of amides is 1. The van der Waals surface area contributed by atoms with E-state index in [0.29, 0.717) is 11.9 Å². The molecule has 0 unspecified atom stereocenters. The van der Waals surface area contributed by atoms with Crippen LogP contribution in [0.3, 0.4) is 0 Å². The van der Waals surface area contributed by atoms with E-state index in [2.05, 4.69) is 10.4 Å². The molecule has 30 heavy (non-hydrogen) atoms. The van der Waals surface area contributed by atoms with Crippen LogP contribution >= 0.6 is 0 Å². The number of carbonyl (C=O) groups is 1. The molecule has 5 nitrogen and oxygen atoms in total. The molecule has 1 N–H and O–H groups in total. The van der Waals surface area contributed by atoms with Crippen molar-refractivity contribution in [2.24, 2.45) is 0 Å². The van der Waals surface area contributed by atoms with E-state index in [1.807, 2.05) is 85.8 Å². The molecule has 0 atom stereocenters. The van der Waals surface area contributed by atoms with Crippen molar-refractivity contribution in [1.29, 1.82) is 0 Å². The van der Waals surface area contributed by atoms with Crippen LogP contribution in [0.4, 0.5) is 0 Å². The van der Waals surface area contributed by atoms with Crippen molar-refractivity contribution in [3.8, 4) is 11.3 Å². The van der Waals surface area contributed by atoms with Crippen LogP contribution in [-0.4, -0.2) is 15.7 Å². The highest BCUT2D eigenvalue weighted by atomic mass is 16.2. The fourth-order valence-corrected chi connectivity index (χ4v) is 3.40. The number of aromatic nitrogens is 2. The zero-order chi connectivity index (χ0) is 20.9. The number of aryl methyl sites for hydroxylation is 2. The SMILES string of the molecule is Cc1ccc(-c2nn(CCC(=O)NCc3ccccc3)c(=O)c3ccccc23)cc1. The summed E-state index contributed by atoms with van der Waals surface area (Å²) in [6.07, 6.45) is 0.186. The van der Waals surface area contributed by atoms with Crippen molar-refractivity contribution in [3.05, 3.63) is 100 Å². The van der Waals surface area contributed by atoms with E-state index < -0.39 is 0 Å². The molecule has 0 saturated heterocycles. The topological polar surface area (TPSA) is 64.0 Å². The summed E-state index contributed by atoms with van der Waals surface area (Å²) in [6.45, 7) is 2.72. The Bertz CT molecular complexity index is 1230. The van der Waals surface area contributed by atoms with Gasteiger partial charge in [0.25, 0.3) is 5.56 Å². The third-order valence-electron chi connectivity index (χ3n) is 5.08. The van der Waals surface area contributed by atoms with Crippen LogP contribution in [-0.2, 0) is 17.9 Å². The summed E-state index contributed by atoms with van der Waals surface area (Å²) in [6, 6.07) is 25.3. The van der Waals surface area contributed by atoms with Crippen molar-refractivity contribution < 1.29 is 4.79 Å². The van der Waals surface area contributed by atoms with Crippen LogP contribution in [0, 0.1) is 6.92 Å². The van der Waals surface area contributed by atoms with Crippen molar-refractivity contribution >= 4 is 16.7 Å². The molecule has 5 heteroatoms. The van der Waals surface area contributed by atoms with E-state index >= 15 is 0 Å². The van der Waals surface area contributed by atoms with Gasteiger partial charge in [-0.3, -0.25) is 9.59 Å². The Labute approximate surface area is 175 Å². The Balaban J connectivity index is 1.58. The molecule has 1 amide bonds. The number of fused-ring (bicyclic) bond motifs is 1. The molecule has 1 heterocycles. The Morgan fingerprint density at radius 2 is 1.57 bits per heavy atom. The van der Waals surface area contributed by atoms with Crippen molar-refractivity contribution in [2.45, 2.75) is 26.4 Å². The van der Waals surface area contributed by atoms with Crippen molar-refractivity contribution in [1.82, 2.24) is 15.1 Å². The van der Waals surface area contributed by atoms with E-state index in [0.717, 1.165) is 27.8 Å². The fourth-order valence-electron chi connectivity index (χ4n) is 3.40. The normalized spacial score (nSPS) is 10.8. The molecule has 0 aliphatic heterocycles. The van der Waals surface area contributed by atoms with Gasteiger partial charge in [0.05, 0.1) is 17.6 Å². The second-order valence-electron chi connectivity index (χ2n) is 7.30. The molecule has 0 saturated carbocycles. The van der Waals surface area contributed by atoms with Crippen LogP contribution in [0.2, 0.25) is 0 Å². The Hall–Kier alpha value is -3.73. The molecule has 4 rings (SSSR count). The van der Waals surface area contributed by atoms with E-state index in [4.69, 9.17) is 0 Å². The molecular formula is C25H23N3O2. The van der Waals surface area contributed by atoms with Crippen molar-refractivity contribution in [2.75, 3.05) is 0 Å². The number of rotatable bonds is 6. The lowest BCUT2D eigenvalue weighted by Gasteiger charge is -2.12. The van der Waals surface area contributed by atoms with Gasteiger partial charge >= 0.3 is 0 Å². The van der Waals surface area contributed by atoms with Crippen LogP contribution in [0.5, 0.6) is 0 Å². The summed E-state index contributed by atoms with van der Waals surface area (Å²) in [5.41, 5.74) is 3.70. The predicted octanol–water partition coefficient (Wildman–Crippen LogP) is 4.08. The maximum absolute atomic E-state index is 12.9. The predicted molar refractivity (Wildman–Crippen MR) is 119 cm³/mol. The molecule has 0 aliphatic rings. The van der Waals surface area contributed by atoms with Gasteiger partial charge in [-0.15, -0.1) is 0 Å². The second-order valence-corrected chi connectivity index (χ2v) is 7.30. The summed E-state index contributed by atoms with van der Waals surface area (Å²) < 4.78 is 1.40. The second kappa shape index (κ2) is 8.74. The summed E-state index contributed by atoms with van der Waals surface area (Å²) in [4.78, 5) is 25.2. The number of hydrogen-bond donors (Lipinski definition) is 1. The lowest BCUT2D eigenvalue weighted by atomic mass is 10.0. The largest absolute Gasteiger partial charge is 0.352 e. The average molecular weight is 397 g/mol. The minimum Gasteiger partial charge on any atom is -0.352 e. The van der Waals surface area contributed by atoms with Gasteiger partial charge in [-0.05, 0) is 18.6 Å². The number of hydrogen-bond acceptors (Lipinski definition) is 3. The van der Waals surface area contributed by atoms with Gasteiger partial charge in [0.2, 0.25) is 5.91 Å². The lowest BCUT2D eigenvalue weighted by Crippen LogP contribution is -2.29. The van der Waals surface area contributed by atoms with E-state index in [-0.39, 0.29) is 24.4 Å². The molecule has 150 valence electrons. The first-order valence-electron chi connectivity index (χ1n) is 9.99. The highest BCUT2D eigenvalue weighted by Gasteiger charge is 2.13. The van der Waals surface area contributed by atoms with Gasteiger partial charge in [-0.25, -0.2) is 4.68 Å². The molecule has 3 aromatic carbocycles. The highest BCUT2D eigenvalue weighted by molar-refractivity contribution is 5.93. The monoisotopic (exact) mass is 397 g/mol. The first-order chi connectivity index (χ1) is 14.6. The highest BCUT2D eigenvalue weighted by Crippen LogP contribution is 2.24. The van der Waals surface area contributed by atoms with Crippen LogP contribution in [0.1, 0.15) is 17.5 Å². The molecule has 0 bridgehead atoms. The Morgan fingerprint density at radius 3 is 2.30 bits per heavy atom. The fraction of sp³-hybridized carbons (Fsp3) is 0.160. The maximum Gasteiger partial charge on any atom is 0.274 e. The molecule has 0 spiro atoms. The van der Waals surface area contributed by atoms with Crippen LogP contribution in [0.25, 0.3) is 22.0 Å². The molecule has 0 aliphatic carbocycles. The third kappa shape index (κ3) is 4.30. The zero-order valence-electron chi connectivity index (χ0n) is 16.8.